The molecule has 7 heteroatoms. The number of methoxy groups -OCH3 is 1. The Morgan fingerprint density at radius 2 is 1.73 bits per heavy atom. The van der Waals surface area contributed by atoms with Gasteiger partial charge in [0, 0.05) is 29.7 Å². The number of aromatic nitrogens is 1. The molecule has 2 amide bonds. The number of nitrogens with zero attached hydrogens (tertiary/aromatic N) is 1. The summed E-state index contributed by atoms with van der Waals surface area (Å²) in [6.07, 6.45) is 3.40. The van der Waals surface area contributed by atoms with E-state index in [1.165, 1.54) is 0 Å². The number of carbonyl (C=O) groups is 2. The number of pyridine rings is 1. The number of rotatable bonds is 9. The SMILES string of the molecule is COc1ccc(NC(=O)C(NC(=O)c2ccccc2C)C(C)C)cc1OCc1ccncc1. The maximum Gasteiger partial charge on any atom is 0.252 e. The van der Waals surface area contributed by atoms with Gasteiger partial charge in [-0.05, 0) is 54.3 Å². The van der Waals surface area contributed by atoms with Crippen LogP contribution in [0.25, 0.3) is 0 Å². The first-order valence-electron chi connectivity index (χ1n) is 10.8. The van der Waals surface area contributed by atoms with Crippen molar-refractivity contribution in [1.29, 1.82) is 0 Å². The quantitative estimate of drug-likeness (QED) is 0.508. The zero-order valence-corrected chi connectivity index (χ0v) is 19.3. The van der Waals surface area contributed by atoms with E-state index in [2.05, 4.69) is 15.6 Å². The molecule has 7 nitrogen and oxygen atoms in total. The smallest absolute Gasteiger partial charge is 0.252 e. The van der Waals surface area contributed by atoms with E-state index in [0.29, 0.717) is 29.4 Å². The Kier molecular flexibility index (Phi) is 8.02. The predicted molar refractivity (Wildman–Crippen MR) is 127 cm³/mol. The standard InChI is InChI=1S/C26H29N3O4/c1-17(2)24(29-25(30)21-8-6-5-7-18(21)3)26(31)28-20-9-10-22(32-4)23(15-20)33-16-19-11-13-27-14-12-19/h5-15,17,24H,16H2,1-4H3,(H,28,31)(H,29,30). The Bertz CT molecular complexity index is 1100. The van der Waals surface area contributed by atoms with Crippen molar-refractivity contribution in [1.82, 2.24) is 10.3 Å². The van der Waals surface area contributed by atoms with Crippen molar-refractivity contribution in [2.24, 2.45) is 5.92 Å². The largest absolute Gasteiger partial charge is 0.493 e. The molecule has 3 rings (SSSR count). The molecule has 0 bridgehead atoms. The van der Waals surface area contributed by atoms with Crippen LogP contribution in [0.5, 0.6) is 11.5 Å². The van der Waals surface area contributed by atoms with Crippen LogP contribution in [0.15, 0.2) is 67.0 Å². The molecule has 0 saturated heterocycles. The highest BCUT2D eigenvalue weighted by atomic mass is 16.5. The molecule has 0 radical (unpaired) electrons. The Balaban J connectivity index is 1.72. The molecule has 0 aliphatic carbocycles. The molecule has 1 unspecified atom stereocenters. The number of nitrogens with one attached hydrogen (secondary N) is 2. The average molecular weight is 448 g/mol. The Hall–Kier alpha value is -3.87. The lowest BCUT2D eigenvalue weighted by Gasteiger charge is -2.22. The van der Waals surface area contributed by atoms with Gasteiger partial charge in [0.15, 0.2) is 11.5 Å². The van der Waals surface area contributed by atoms with E-state index in [0.717, 1.165) is 11.1 Å². The number of amides is 2. The second kappa shape index (κ2) is 11.1. The van der Waals surface area contributed by atoms with Gasteiger partial charge in [-0.25, -0.2) is 0 Å². The lowest BCUT2D eigenvalue weighted by Crippen LogP contribution is -2.47. The van der Waals surface area contributed by atoms with Crippen LogP contribution in [0.1, 0.15) is 35.3 Å². The van der Waals surface area contributed by atoms with Crippen LogP contribution in [0.4, 0.5) is 5.69 Å². The number of hydrogen-bond donors (Lipinski definition) is 2. The van der Waals surface area contributed by atoms with Crippen molar-refractivity contribution in [3.05, 3.63) is 83.7 Å². The summed E-state index contributed by atoms with van der Waals surface area (Å²) >= 11 is 0. The normalized spacial score (nSPS) is 11.5. The fourth-order valence-corrected chi connectivity index (χ4v) is 3.31. The van der Waals surface area contributed by atoms with Crippen molar-refractivity contribution in [2.75, 3.05) is 12.4 Å². The molecule has 2 N–H and O–H groups in total. The summed E-state index contributed by atoms with van der Waals surface area (Å²) < 4.78 is 11.3. The van der Waals surface area contributed by atoms with E-state index < -0.39 is 6.04 Å². The maximum absolute atomic E-state index is 13.0. The molecule has 1 heterocycles. The Morgan fingerprint density at radius 1 is 1.00 bits per heavy atom. The lowest BCUT2D eigenvalue weighted by molar-refractivity contribution is -0.118. The third kappa shape index (κ3) is 6.32. The molecule has 0 aliphatic heterocycles. The third-order valence-electron chi connectivity index (χ3n) is 5.20. The zero-order chi connectivity index (χ0) is 23.8. The van der Waals surface area contributed by atoms with E-state index >= 15 is 0 Å². The minimum Gasteiger partial charge on any atom is -0.493 e. The van der Waals surface area contributed by atoms with E-state index in [9.17, 15) is 9.59 Å². The highest BCUT2D eigenvalue weighted by Crippen LogP contribution is 2.31. The highest BCUT2D eigenvalue weighted by molar-refractivity contribution is 6.02. The van der Waals surface area contributed by atoms with Gasteiger partial charge in [0.2, 0.25) is 5.91 Å². The van der Waals surface area contributed by atoms with Gasteiger partial charge in [-0.3, -0.25) is 14.6 Å². The summed E-state index contributed by atoms with van der Waals surface area (Å²) in [7, 11) is 1.56. The number of carbonyl (C=O) groups excluding carboxylic acids is 2. The summed E-state index contributed by atoms with van der Waals surface area (Å²) in [5.41, 5.74) is 2.90. The van der Waals surface area contributed by atoms with E-state index in [4.69, 9.17) is 9.47 Å². The van der Waals surface area contributed by atoms with Gasteiger partial charge in [0.05, 0.1) is 7.11 Å². The Labute approximate surface area is 194 Å². The Morgan fingerprint density at radius 3 is 2.39 bits per heavy atom. The molecule has 172 valence electrons. The van der Waals surface area contributed by atoms with Crippen LogP contribution < -0.4 is 20.1 Å². The first-order chi connectivity index (χ1) is 15.9. The predicted octanol–water partition coefficient (Wildman–Crippen LogP) is 4.37. The molecule has 2 aromatic carbocycles. The molecule has 1 aromatic heterocycles. The van der Waals surface area contributed by atoms with Crippen molar-refractivity contribution in [3.8, 4) is 11.5 Å². The van der Waals surface area contributed by atoms with Crippen LogP contribution in [0.3, 0.4) is 0 Å². The second-order valence-corrected chi connectivity index (χ2v) is 8.01. The van der Waals surface area contributed by atoms with Crippen LogP contribution >= 0.6 is 0 Å². The maximum atomic E-state index is 13.0. The lowest BCUT2D eigenvalue weighted by atomic mass is 10.0. The van der Waals surface area contributed by atoms with Crippen molar-refractivity contribution >= 4 is 17.5 Å². The van der Waals surface area contributed by atoms with Crippen LogP contribution in [-0.2, 0) is 11.4 Å². The average Bonchev–Trinajstić information content (AvgIpc) is 2.81. The van der Waals surface area contributed by atoms with Gasteiger partial charge >= 0.3 is 0 Å². The molecule has 1 atom stereocenters. The van der Waals surface area contributed by atoms with E-state index in [-0.39, 0.29) is 17.7 Å². The monoisotopic (exact) mass is 447 g/mol. The minimum absolute atomic E-state index is 0.112. The molecule has 3 aromatic rings. The molecule has 0 spiro atoms. The molecular weight excluding hydrogens is 418 g/mol. The van der Waals surface area contributed by atoms with E-state index in [1.54, 1.807) is 49.8 Å². The van der Waals surface area contributed by atoms with Crippen LogP contribution in [0.2, 0.25) is 0 Å². The zero-order valence-electron chi connectivity index (χ0n) is 19.3. The van der Waals surface area contributed by atoms with Gasteiger partial charge in [-0.15, -0.1) is 0 Å². The fourth-order valence-electron chi connectivity index (χ4n) is 3.31. The first-order valence-corrected chi connectivity index (χ1v) is 10.8. The fraction of sp³-hybridized carbons (Fsp3) is 0.269. The molecule has 0 saturated carbocycles. The number of anilines is 1. The van der Waals surface area contributed by atoms with Crippen molar-refractivity contribution in [3.63, 3.8) is 0 Å². The van der Waals surface area contributed by atoms with Crippen molar-refractivity contribution in [2.45, 2.75) is 33.4 Å². The van der Waals surface area contributed by atoms with Gasteiger partial charge in [-0.2, -0.15) is 0 Å². The number of hydrogen-bond acceptors (Lipinski definition) is 5. The molecule has 33 heavy (non-hydrogen) atoms. The van der Waals surface area contributed by atoms with Crippen LogP contribution in [0, 0.1) is 12.8 Å². The summed E-state index contributed by atoms with van der Waals surface area (Å²) in [6, 6.07) is 15.5. The topological polar surface area (TPSA) is 89.6 Å². The van der Waals surface area contributed by atoms with Gasteiger partial charge < -0.3 is 20.1 Å². The number of benzene rings is 2. The summed E-state index contributed by atoms with van der Waals surface area (Å²) in [4.78, 5) is 29.8. The summed E-state index contributed by atoms with van der Waals surface area (Å²) in [5.74, 6) is 0.348. The summed E-state index contributed by atoms with van der Waals surface area (Å²) in [5, 5.41) is 5.75. The molecular formula is C26H29N3O4. The van der Waals surface area contributed by atoms with E-state index in [1.807, 2.05) is 45.0 Å². The van der Waals surface area contributed by atoms with Gasteiger partial charge in [0.1, 0.15) is 12.6 Å². The minimum atomic E-state index is -0.708. The number of ether oxygens (including phenoxy) is 2. The highest BCUT2D eigenvalue weighted by Gasteiger charge is 2.25. The van der Waals surface area contributed by atoms with Crippen LogP contribution in [-0.4, -0.2) is 29.9 Å². The second-order valence-electron chi connectivity index (χ2n) is 8.01. The van der Waals surface area contributed by atoms with Gasteiger partial charge in [0.25, 0.3) is 5.91 Å². The molecule has 0 aliphatic rings. The summed E-state index contributed by atoms with van der Waals surface area (Å²) in [6.45, 7) is 5.97. The first kappa shape index (κ1) is 23.8. The number of aryl methyl sites for hydroxylation is 1. The van der Waals surface area contributed by atoms with Gasteiger partial charge in [-0.1, -0.05) is 32.0 Å². The molecule has 0 fully saturated rings. The van der Waals surface area contributed by atoms with Crippen molar-refractivity contribution < 1.29 is 19.1 Å². The third-order valence-corrected chi connectivity index (χ3v) is 5.20.